The smallest absolute Gasteiger partial charge is 0.315 e. The fourth-order valence-electron chi connectivity index (χ4n) is 8.43. The molecule has 4 aliphatic carbocycles. The van der Waals surface area contributed by atoms with E-state index in [9.17, 15) is 14.4 Å². The Kier molecular flexibility index (Phi) is 3.92. The van der Waals surface area contributed by atoms with E-state index in [-0.39, 0.29) is 35.8 Å². The Morgan fingerprint density at radius 2 is 1.73 bits per heavy atom. The van der Waals surface area contributed by atoms with E-state index >= 15 is 0 Å². The molecule has 0 unspecified atom stereocenters. The van der Waals surface area contributed by atoms with Gasteiger partial charge in [0.2, 0.25) is 0 Å². The third-order valence-electron chi connectivity index (χ3n) is 9.48. The van der Waals surface area contributed by atoms with Crippen LogP contribution >= 0.6 is 0 Å². The zero-order chi connectivity index (χ0) is 21.7. The van der Waals surface area contributed by atoms with Crippen molar-refractivity contribution in [3.8, 4) is 0 Å². The van der Waals surface area contributed by atoms with Gasteiger partial charge < -0.3 is 18.9 Å². The van der Waals surface area contributed by atoms with Crippen molar-refractivity contribution in [3.05, 3.63) is 12.2 Å². The molecule has 30 heavy (non-hydrogen) atoms. The summed E-state index contributed by atoms with van der Waals surface area (Å²) < 4.78 is 22.1. The number of ether oxygens (including phenoxy) is 4. The number of rotatable bonds is 3. The molecule has 0 amide bonds. The van der Waals surface area contributed by atoms with E-state index in [1.165, 1.54) is 21.3 Å². The van der Waals surface area contributed by atoms with Gasteiger partial charge in [0.1, 0.15) is 5.60 Å². The largest absolute Gasteiger partial charge is 0.469 e. The fourth-order valence-corrected chi connectivity index (χ4v) is 8.43. The first kappa shape index (κ1) is 20.0. The normalized spacial score (nSPS) is 50.1. The minimum atomic E-state index is -0.843. The highest BCUT2D eigenvalue weighted by atomic mass is 16.6. The van der Waals surface area contributed by atoms with Crippen LogP contribution in [-0.2, 0) is 33.3 Å². The molecule has 4 saturated carbocycles. The van der Waals surface area contributed by atoms with Crippen molar-refractivity contribution in [1.82, 2.24) is 0 Å². The molecule has 0 radical (unpaired) electrons. The topological polar surface area (TPSA) is 91.4 Å². The Balaban J connectivity index is 1.70. The number of esters is 3. The monoisotopic (exact) mass is 418 g/mol. The molecular weight excluding hydrogens is 388 g/mol. The lowest BCUT2D eigenvalue weighted by molar-refractivity contribution is -0.167. The summed E-state index contributed by atoms with van der Waals surface area (Å²) in [5, 5.41) is 0. The van der Waals surface area contributed by atoms with E-state index in [2.05, 4.69) is 6.58 Å². The summed E-state index contributed by atoms with van der Waals surface area (Å²) in [6, 6.07) is 0. The molecule has 0 N–H and O–H groups in total. The van der Waals surface area contributed by atoms with Crippen LogP contribution in [0.2, 0.25) is 0 Å². The van der Waals surface area contributed by atoms with E-state index in [1.807, 2.05) is 6.92 Å². The average molecular weight is 418 g/mol. The predicted molar refractivity (Wildman–Crippen MR) is 104 cm³/mol. The molecule has 7 nitrogen and oxygen atoms in total. The molecular formula is C23H30O7. The first-order valence-electron chi connectivity index (χ1n) is 10.8. The molecule has 0 aromatic heterocycles. The summed E-state index contributed by atoms with van der Waals surface area (Å²) in [5.74, 6) is -1.73. The molecule has 0 aromatic carbocycles. The van der Waals surface area contributed by atoms with E-state index in [1.54, 1.807) is 0 Å². The number of methoxy groups -OCH3 is 3. The second-order valence-corrected chi connectivity index (χ2v) is 10.2. The minimum Gasteiger partial charge on any atom is -0.469 e. The summed E-state index contributed by atoms with van der Waals surface area (Å²) in [6.07, 6.45) is 3.85. The van der Waals surface area contributed by atoms with Gasteiger partial charge in [-0.2, -0.15) is 0 Å². The SMILES string of the molecule is C=C1C[C@]23C[C@@]1(C(=O)OC)CC[C@H]2[C@@]12O[C@@H]1CC[C@@](C)(C(=O)OC)[C@H]2[C@@H]3C(=O)OC. The van der Waals surface area contributed by atoms with Crippen LogP contribution < -0.4 is 0 Å². The third kappa shape index (κ3) is 1.94. The first-order valence-corrected chi connectivity index (χ1v) is 10.8. The quantitative estimate of drug-likeness (QED) is 0.301. The Morgan fingerprint density at radius 3 is 2.37 bits per heavy atom. The molecule has 1 aliphatic heterocycles. The average Bonchev–Trinajstić information content (AvgIpc) is 3.35. The van der Waals surface area contributed by atoms with Gasteiger partial charge in [-0.15, -0.1) is 0 Å². The van der Waals surface area contributed by atoms with Crippen LogP contribution in [0, 0.1) is 34.0 Å². The van der Waals surface area contributed by atoms with Gasteiger partial charge in [-0.25, -0.2) is 0 Å². The molecule has 5 fully saturated rings. The van der Waals surface area contributed by atoms with E-state index in [4.69, 9.17) is 18.9 Å². The highest BCUT2D eigenvalue weighted by Gasteiger charge is 2.87. The lowest BCUT2D eigenvalue weighted by Gasteiger charge is -2.43. The minimum absolute atomic E-state index is 0.0382. The van der Waals surface area contributed by atoms with Crippen molar-refractivity contribution in [3.63, 3.8) is 0 Å². The lowest BCUT2D eigenvalue weighted by Crippen LogP contribution is -2.51. The molecule has 8 atom stereocenters. The molecule has 2 spiro atoms. The van der Waals surface area contributed by atoms with Gasteiger partial charge in [-0.3, -0.25) is 14.4 Å². The maximum atomic E-state index is 13.3. The van der Waals surface area contributed by atoms with Crippen molar-refractivity contribution in [1.29, 1.82) is 0 Å². The Morgan fingerprint density at radius 1 is 1.03 bits per heavy atom. The molecule has 164 valence electrons. The molecule has 5 aliphatic rings. The second kappa shape index (κ2) is 5.87. The highest BCUT2D eigenvalue weighted by Crippen LogP contribution is 2.82. The zero-order valence-electron chi connectivity index (χ0n) is 18.1. The van der Waals surface area contributed by atoms with Crippen molar-refractivity contribution in [2.75, 3.05) is 21.3 Å². The van der Waals surface area contributed by atoms with Crippen molar-refractivity contribution < 1.29 is 33.3 Å². The first-order chi connectivity index (χ1) is 14.2. The van der Waals surface area contributed by atoms with Gasteiger partial charge in [0, 0.05) is 5.92 Å². The predicted octanol–water partition coefficient (Wildman–Crippen LogP) is 2.42. The summed E-state index contributed by atoms with van der Waals surface area (Å²) in [7, 11) is 4.19. The van der Waals surface area contributed by atoms with Gasteiger partial charge in [0.05, 0.1) is 44.2 Å². The number of carbonyl (C=O) groups excluding carboxylic acids is 3. The van der Waals surface area contributed by atoms with Crippen LogP contribution in [0.1, 0.15) is 45.4 Å². The van der Waals surface area contributed by atoms with Gasteiger partial charge in [0.25, 0.3) is 0 Å². The maximum absolute atomic E-state index is 13.3. The van der Waals surface area contributed by atoms with Crippen LogP contribution in [-0.4, -0.2) is 50.9 Å². The van der Waals surface area contributed by atoms with Gasteiger partial charge in [-0.05, 0) is 56.8 Å². The summed E-state index contributed by atoms with van der Waals surface area (Å²) in [4.78, 5) is 39.2. The van der Waals surface area contributed by atoms with Crippen molar-refractivity contribution in [2.45, 2.75) is 57.2 Å². The fraction of sp³-hybridized carbons (Fsp3) is 0.783. The van der Waals surface area contributed by atoms with Gasteiger partial charge in [0.15, 0.2) is 0 Å². The third-order valence-corrected chi connectivity index (χ3v) is 9.48. The van der Waals surface area contributed by atoms with Crippen LogP contribution in [0.15, 0.2) is 12.2 Å². The van der Waals surface area contributed by atoms with Crippen molar-refractivity contribution in [2.24, 2.45) is 34.0 Å². The van der Waals surface area contributed by atoms with E-state index in [0.29, 0.717) is 25.7 Å². The number of carbonyl (C=O) groups is 3. The van der Waals surface area contributed by atoms with Crippen LogP contribution in [0.5, 0.6) is 0 Å². The summed E-state index contributed by atoms with van der Waals surface area (Å²) in [5.41, 5.74) is -1.83. The van der Waals surface area contributed by atoms with E-state index in [0.717, 1.165) is 18.4 Å². The Labute approximate surface area is 176 Å². The highest BCUT2D eigenvalue weighted by molar-refractivity contribution is 5.85. The molecule has 1 heterocycles. The number of epoxide rings is 1. The summed E-state index contributed by atoms with van der Waals surface area (Å²) >= 11 is 0. The number of hydrogen-bond acceptors (Lipinski definition) is 7. The molecule has 1 saturated heterocycles. The maximum Gasteiger partial charge on any atom is 0.315 e. The number of fused-ring (bicyclic) bond motifs is 1. The summed E-state index contributed by atoms with van der Waals surface area (Å²) in [6.45, 7) is 6.18. The molecule has 0 aromatic rings. The zero-order valence-corrected chi connectivity index (χ0v) is 18.1. The second-order valence-electron chi connectivity index (χ2n) is 10.2. The molecule has 5 rings (SSSR count). The molecule has 7 heteroatoms. The van der Waals surface area contributed by atoms with Crippen LogP contribution in [0.25, 0.3) is 0 Å². The van der Waals surface area contributed by atoms with E-state index < -0.39 is 27.8 Å². The molecule has 2 bridgehead atoms. The Hall–Kier alpha value is -1.89. The number of hydrogen-bond donors (Lipinski definition) is 0. The van der Waals surface area contributed by atoms with Gasteiger partial charge in [-0.1, -0.05) is 12.2 Å². The standard InChI is InChI=1S/C23H30O7/c1-12-10-22-11-21(12,19(26)29-5)9-6-13(22)23-14(30-23)7-8-20(2,18(25)28-4)16(23)15(22)17(24)27-3/h13-16H,1,6-11H2,2-5H3/t13-,14-,15-,16-,20-,21+,22+,23-/m1/s1. The Bertz CT molecular complexity index is 866. The van der Waals surface area contributed by atoms with Crippen LogP contribution in [0.3, 0.4) is 0 Å². The van der Waals surface area contributed by atoms with Crippen molar-refractivity contribution >= 4 is 17.9 Å². The van der Waals surface area contributed by atoms with Crippen LogP contribution in [0.4, 0.5) is 0 Å². The lowest BCUT2D eigenvalue weighted by atomic mass is 9.59. The van der Waals surface area contributed by atoms with Gasteiger partial charge >= 0.3 is 17.9 Å².